The number of methoxy groups -OCH3 is 1. The second-order valence-electron chi connectivity index (χ2n) is 8.89. The molecule has 0 aliphatic carbocycles. The van der Waals surface area contributed by atoms with E-state index in [0.29, 0.717) is 13.0 Å². The first-order valence-corrected chi connectivity index (χ1v) is 11.4. The summed E-state index contributed by atoms with van der Waals surface area (Å²) in [5.74, 6) is -0.249. The number of ether oxygens (including phenoxy) is 2. The highest BCUT2D eigenvalue weighted by molar-refractivity contribution is 14.1. The summed E-state index contributed by atoms with van der Waals surface area (Å²) in [5.41, 5.74) is 0.935. The van der Waals surface area contributed by atoms with Crippen molar-refractivity contribution in [1.29, 1.82) is 0 Å². The van der Waals surface area contributed by atoms with Crippen molar-refractivity contribution in [2.24, 2.45) is 5.41 Å². The van der Waals surface area contributed by atoms with Gasteiger partial charge in [-0.1, -0.05) is 56.3 Å². The average molecular weight is 537 g/mol. The zero-order valence-electron chi connectivity index (χ0n) is 19.0. The van der Waals surface area contributed by atoms with Crippen molar-refractivity contribution in [2.75, 3.05) is 20.7 Å². The molecule has 0 saturated heterocycles. The topological polar surface area (TPSA) is 55.8 Å². The summed E-state index contributed by atoms with van der Waals surface area (Å²) in [6.45, 7) is 6.89. The Hall–Kier alpha value is -2.09. The summed E-state index contributed by atoms with van der Waals surface area (Å²) in [4.78, 5) is 26.7. The van der Waals surface area contributed by atoms with E-state index >= 15 is 0 Å². The van der Waals surface area contributed by atoms with Crippen LogP contribution < -0.4 is 0 Å². The number of halogens is 1. The zero-order chi connectivity index (χ0) is 23.1. The number of carbonyl (C=O) groups is 2. The molecule has 0 radical (unpaired) electrons. The molecule has 1 unspecified atom stereocenters. The number of hydrogen-bond donors (Lipinski definition) is 0. The van der Waals surface area contributed by atoms with Gasteiger partial charge in [0.2, 0.25) is 0 Å². The molecule has 1 atom stereocenters. The molecule has 0 spiro atoms. The summed E-state index contributed by atoms with van der Waals surface area (Å²) in [7, 11) is 3.17. The fourth-order valence-electron chi connectivity index (χ4n) is 3.62. The fourth-order valence-corrected chi connectivity index (χ4v) is 4.17. The van der Waals surface area contributed by atoms with Gasteiger partial charge < -0.3 is 14.4 Å². The van der Waals surface area contributed by atoms with Crippen LogP contribution in [0.3, 0.4) is 0 Å². The number of hydrogen-bond acceptors (Lipinski definition) is 4. The van der Waals surface area contributed by atoms with E-state index in [4.69, 9.17) is 9.47 Å². The van der Waals surface area contributed by atoms with E-state index in [0.717, 1.165) is 21.1 Å². The molecule has 0 saturated carbocycles. The van der Waals surface area contributed by atoms with Crippen molar-refractivity contribution in [3.8, 4) is 0 Å². The van der Waals surface area contributed by atoms with Gasteiger partial charge in [-0.15, -0.1) is 0 Å². The van der Waals surface area contributed by atoms with E-state index < -0.39 is 5.41 Å². The van der Waals surface area contributed by atoms with Crippen LogP contribution in [0.4, 0.5) is 4.79 Å². The van der Waals surface area contributed by atoms with Crippen molar-refractivity contribution < 1.29 is 19.1 Å². The Morgan fingerprint density at radius 2 is 1.68 bits per heavy atom. The second-order valence-corrected chi connectivity index (χ2v) is 10.1. The molecule has 168 valence electrons. The molecule has 0 aliphatic rings. The molecule has 0 aromatic heterocycles. The number of esters is 1. The first kappa shape index (κ1) is 25.2. The predicted octanol–water partition coefficient (Wildman–Crippen LogP) is 5.80. The van der Waals surface area contributed by atoms with Gasteiger partial charge in [0.15, 0.2) is 0 Å². The quantitative estimate of drug-likeness (QED) is 0.300. The molecular weight excluding hydrogens is 505 g/mol. The minimum Gasteiger partial charge on any atom is -0.468 e. The maximum Gasteiger partial charge on any atom is 0.409 e. The van der Waals surface area contributed by atoms with Crippen molar-refractivity contribution in [2.45, 2.75) is 45.6 Å². The second kappa shape index (κ2) is 11.0. The van der Waals surface area contributed by atoms with Crippen LogP contribution in [0.2, 0.25) is 0 Å². The van der Waals surface area contributed by atoms with Gasteiger partial charge >= 0.3 is 12.1 Å². The van der Waals surface area contributed by atoms with Gasteiger partial charge in [-0.2, -0.15) is 0 Å². The lowest BCUT2D eigenvalue weighted by Gasteiger charge is -2.34. The maximum absolute atomic E-state index is 12.7. The lowest BCUT2D eigenvalue weighted by Crippen LogP contribution is -2.39. The molecule has 0 heterocycles. The van der Waals surface area contributed by atoms with Crippen LogP contribution in [-0.2, 0) is 26.3 Å². The van der Waals surface area contributed by atoms with Crippen LogP contribution in [0.25, 0.3) is 0 Å². The average Bonchev–Trinajstić information content (AvgIpc) is 2.75. The summed E-state index contributed by atoms with van der Waals surface area (Å²) in [5, 5.41) is 0. The third-order valence-corrected chi connectivity index (χ3v) is 6.25. The molecule has 0 fully saturated rings. The number of nitrogens with zero attached hydrogens (tertiary/aromatic N) is 1. The molecule has 0 N–H and O–H groups in total. The van der Waals surface area contributed by atoms with Crippen LogP contribution in [0.15, 0.2) is 54.6 Å². The minimum absolute atomic E-state index is 0.211. The van der Waals surface area contributed by atoms with Crippen molar-refractivity contribution in [3.05, 3.63) is 69.3 Å². The van der Waals surface area contributed by atoms with Gasteiger partial charge in [-0.25, -0.2) is 4.79 Å². The van der Waals surface area contributed by atoms with Gasteiger partial charge in [0.1, 0.15) is 6.61 Å². The van der Waals surface area contributed by atoms with Crippen LogP contribution in [0.1, 0.15) is 44.7 Å². The number of rotatable bonds is 9. The largest absolute Gasteiger partial charge is 0.468 e. The highest BCUT2D eigenvalue weighted by atomic mass is 127. The molecule has 6 heteroatoms. The maximum atomic E-state index is 12.7. The molecule has 0 bridgehead atoms. The van der Waals surface area contributed by atoms with Crippen molar-refractivity contribution in [3.63, 3.8) is 0 Å². The fraction of sp³-hybridized carbons (Fsp3) is 0.440. The van der Waals surface area contributed by atoms with E-state index in [1.165, 1.54) is 7.11 Å². The lowest BCUT2D eigenvalue weighted by atomic mass is 9.74. The van der Waals surface area contributed by atoms with Crippen molar-refractivity contribution in [1.82, 2.24) is 4.90 Å². The Labute approximate surface area is 199 Å². The highest BCUT2D eigenvalue weighted by Crippen LogP contribution is 2.36. The van der Waals surface area contributed by atoms with Gasteiger partial charge in [0.05, 0.1) is 12.5 Å². The molecule has 2 aromatic carbocycles. The highest BCUT2D eigenvalue weighted by Gasteiger charge is 2.38. The van der Waals surface area contributed by atoms with Crippen LogP contribution in [-0.4, -0.2) is 37.7 Å². The first-order valence-electron chi connectivity index (χ1n) is 10.3. The Morgan fingerprint density at radius 1 is 1.00 bits per heavy atom. The molecule has 31 heavy (non-hydrogen) atoms. The third kappa shape index (κ3) is 7.23. The third-order valence-electron chi connectivity index (χ3n) is 5.58. The normalized spacial score (nSPS) is 13.2. The van der Waals surface area contributed by atoms with Gasteiger partial charge in [0.25, 0.3) is 0 Å². The number of benzene rings is 2. The Bertz CT molecular complexity index is 884. The van der Waals surface area contributed by atoms with Crippen LogP contribution in [0.5, 0.6) is 0 Å². The Morgan fingerprint density at radius 3 is 2.29 bits per heavy atom. The molecule has 5 nitrogen and oxygen atoms in total. The summed E-state index contributed by atoms with van der Waals surface area (Å²) < 4.78 is 11.6. The van der Waals surface area contributed by atoms with Gasteiger partial charge in [-0.05, 0) is 71.0 Å². The molecule has 1 amide bonds. The lowest BCUT2D eigenvalue weighted by molar-refractivity contribution is -0.147. The van der Waals surface area contributed by atoms with E-state index in [9.17, 15) is 9.59 Å². The van der Waals surface area contributed by atoms with Crippen LogP contribution >= 0.6 is 22.6 Å². The SMILES string of the molecule is COC(=O)C(C)(CCC(C)(C)CN(C)C(=O)OCc1ccccc1)c1cccc(I)c1. The van der Waals surface area contributed by atoms with E-state index in [-0.39, 0.29) is 24.1 Å². The molecule has 2 aromatic rings. The summed E-state index contributed by atoms with van der Waals surface area (Å²) in [6, 6.07) is 17.6. The zero-order valence-corrected chi connectivity index (χ0v) is 21.1. The smallest absolute Gasteiger partial charge is 0.409 e. The van der Waals surface area contributed by atoms with Gasteiger partial charge in [-0.3, -0.25) is 4.79 Å². The van der Waals surface area contributed by atoms with E-state index in [1.807, 2.05) is 61.5 Å². The van der Waals surface area contributed by atoms with E-state index in [2.05, 4.69) is 36.4 Å². The van der Waals surface area contributed by atoms with Gasteiger partial charge in [0, 0.05) is 17.2 Å². The van der Waals surface area contributed by atoms with Crippen LogP contribution in [0, 0.1) is 8.99 Å². The molecule has 0 aliphatic heterocycles. The summed E-state index contributed by atoms with van der Waals surface area (Å²) in [6.07, 6.45) is 0.991. The summed E-state index contributed by atoms with van der Waals surface area (Å²) >= 11 is 2.25. The minimum atomic E-state index is -0.750. The number of amides is 1. The number of carbonyl (C=O) groups excluding carboxylic acids is 2. The Balaban J connectivity index is 2.00. The predicted molar refractivity (Wildman–Crippen MR) is 131 cm³/mol. The monoisotopic (exact) mass is 537 g/mol. The molecular formula is C25H32INO4. The first-order chi connectivity index (χ1) is 14.6. The van der Waals surface area contributed by atoms with E-state index in [1.54, 1.807) is 11.9 Å². The Kier molecular flexibility index (Phi) is 8.91. The molecule has 2 rings (SSSR count). The standard InChI is InChI=1S/C25H32INO4/c1-24(2,18-27(4)23(29)31-17-19-10-7-6-8-11-19)14-15-25(3,22(28)30-5)20-12-9-13-21(26)16-20/h6-13,16H,14-15,17-18H2,1-5H3. The van der Waals surface area contributed by atoms with Crippen molar-refractivity contribution >= 4 is 34.7 Å².